The molecule has 2 atom stereocenters. The van der Waals surface area contributed by atoms with E-state index < -0.39 is 36.4 Å². The van der Waals surface area contributed by atoms with Crippen molar-refractivity contribution >= 4 is 17.6 Å². The zero-order valence-corrected chi connectivity index (χ0v) is 23.2. The van der Waals surface area contributed by atoms with Gasteiger partial charge in [-0.05, 0) is 71.8 Å². The Kier molecular flexibility index (Phi) is 8.57. The number of ether oxygens (including phenoxy) is 1. The number of pyridine rings is 1. The van der Waals surface area contributed by atoms with Crippen molar-refractivity contribution < 1.29 is 36.3 Å². The smallest absolute Gasteiger partial charge is 0.416 e. The lowest BCUT2D eigenvalue weighted by Crippen LogP contribution is -2.42. The summed E-state index contributed by atoms with van der Waals surface area (Å²) in [6.45, 7) is 0.263. The number of benzene rings is 2. The summed E-state index contributed by atoms with van der Waals surface area (Å²) in [5, 5.41) is 2.84. The number of carbonyl (C=O) groups is 2. The topological polar surface area (TPSA) is 97.6 Å². The maximum absolute atomic E-state index is 13.7. The summed E-state index contributed by atoms with van der Waals surface area (Å²) in [7, 11) is 0. The second-order valence-corrected chi connectivity index (χ2v) is 10.9. The fraction of sp³-hybridized carbons (Fsp3) is 0.387. The first-order valence-electron chi connectivity index (χ1n) is 14.0. The molecular formula is C31H31F5N4O3. The highest BCUT2D eigenvalue weighted by Crippen LogP contribution is 2.47. The number of rotatable bonds is 9. The third kappa shape index (κ3) is 7.60. The van der Waals surface area contributed by atoms with E-state index in [1.54, 1.807) is 12.3 Å². The molecule has 2 amide bonds. The number of nitrogen functional groups attached to an aromatic ring is 1. The fourth-order valence-corrected chi connectivity index (χ4v) is 5.13. The largest absolute Gasteiger partial charge is 0.493 e. The standard InChI is InChI=1S/C31H31F5N4O3/c32-30(33)8-11-40(12-9-30)29(42)20-4-2-19(3-5-20)22-14-23(31(34,35)36)16-24(15-22)43-13-1-10-38-28(41)26-17-25(26)21-6-7-27(37)39-18-21/h2-7,14-16,18,25-26H,1,8-13,17H2,(H2,37,39)(H,38,41)/t25-,26+/m0/s1. The molecule has 1 aliphatic carbocycles. The van der Waals surface area contributed by atoms with Crippen LogP contribution in [0.15, 0.2) is 60.8 Å². The van der Waals surface area contributed by atoms with Crippen LogP contribution >= 0.6 is 0 Å². The molecule has 2 heterocycles. The van der Waals surface area contributed by atoms with Crippen LogP contribution in [-0.4, -0.2) is 53.9 Å². The number of aromatic nitrogens is 1. The van der Waals surface area contributed by atoms with Crippen LogP contribution in [0.1, 0.15) is 53.1 Å². The van der Waals surface area contributed by atoms with E-state index in [0.717, 1.165) is 17.7 Å². The van der Waals surface area contributed by atoms with Crippen molar-refractivity contribution in [1.82, 2.24) is 15.2 Å². The summed E-state index contributed by atoms with van der Waals surface area (Å²) < 4.78 is 73.5. The van der Waals surface area contributed by atoms with Crippen LogP contribution in [-0.2, 0) is 11.0 Å². The summed E-state index contributed by atoms with van der Waals surface area (Å²) in [5.41, 5.74) is 6.60. The van der Waals surface area contributed by atoms with E-state index in [9.17, 15) is 31.5 Å². The van der Waals surface area contributed by atoms with Gasteiger partial charge in [0.05, 0.1) is 12.2 Å². The molecule has 12 heteroatoms. The number of piperidine rings is 1. The van der Waals surface area contributed by atoms with Gasteiger partial charge in [0.15, 0.2) is 0 Å². The average Bonchev–Trinajstić information content (AvgIpc) is 3.78. The molecule has 2 fully saturated rings. The minimum Gasteiger partial charge on any atom is -0.493 e. The first-order chi connectivity index (χ1) is 20.4. The summed E-state index contributed by atoms with van der Waals surface area (Å²) in [5.74, 6) is -2.90. The van der Waals surface area contributed by atoms with Gasteiger partial charge in [0, 0.05) is 50.2 Å². The zero-order valence-electron chi connectivity index (χ0n) is 23.2. The van der Waals surface area contributed by atoms with Crippen molar-refractivity contribution in [3.63, 3.8) is 0 Å². The molecule has 1 aromatic heterocycles. The van der Waals surface area contributed by atoms with Crippen molar-refractivity contribution in [2.75, 3.05) is 32.0 Å². The van der Waals surface area contributed by atoms with Crippen LogP contribution in [0, 0.1) is 5.92 Å². The van der Waals surface area contributed by atoms with Gasteiger partial charge in [0.2, 0.25) is 5.91 Å². The highest BCUT2D eigenvalue weighted by atomic mass is 19.4. The Balaban J connectivity index is 1.16. The molecule has 0 spiro atoms. The Morgan fingerprint density at radius 3 is 2.40 bits per heavy atom. The van der Waals surface area contributed by atoms with E-state index in [-0.39, 0.29) is 54.3 Å². The lowest BCUT2D eigenvalue weighted by Gasteiger charge is -2.31. The molecule has 228 valence electrons. The zero-order chi connectivity index (χ0) is 30.8. The Bertz CT molecular complexity index is 1450. The van der Waals surface area contributed by atoms with Gasteiger partial charge >= 0.3 is 6.18 Å². The molecule has 3 N–H and O–H groups in total. The van der Waals surface area contributed by atoms with Crippen molar-refractivity contribution in [1.29, 1.82) is 0 Å². The van der Waals surface area contributed by atoms with Gasteiger partial charge in [-0.25, -0.2) is 13.8 Å². The maximum atomic E-state index is 13.7. The monoisotopic (exact) mass is 602 g/mol. The first-order valence-corrected chi connectivity index (χ1v) is 14.0. The fourth-order valence-electron chi connectivity index (χ4n) is 5.13. The van der Waals surface area contributed by atoms with Crippen molar-refractivity contribution in [3.05, 3.63) is 77.5 Å². The number of carbonyl (C=O) groups excluding carboxylic acids is 2. The maximum Gasteiger partial charge on any atom is 0.416 e. The van der Waals surface area contributed by atoms with Crippen molar-refractivity contribution in [3.8, 4) is 16.9 Å². The summed E-state index contributed by atoms with van der Waals surface area (Å²) in [6, 6.07) is 12.9. The van der Waals surface area contributed by atoms with Crippen molar-refractivity contribution in [2.45, 2.75) is 43.7 Å². The van der Waals surface area contributed by atoms with Crippen LogP contribution < -0.4 is 15.8 Å². The van der Waals surface area contributed by atoms with E-state index in [2.05, 4.69) is 10.3 Å². The lowest BCUT2D eigenvalue weighted by atomic mass is 10.00. The summed E-state index contributed by atoms with van der Waals surface area (Å²) in [6.07, 6.45) is -2.65. The van der Waals surface area contributed by atoms with Gasteiger partial charge in [0.1, 0.15) is 11.6 Å². The van der Waals surface area contributed by atoms with Gasteiger partial charge in [-0.2, -0.15) is 13.2 Å². The second-order valence-electron chi connectivity index (χ2n) is 10.9. The Labute approximate surface area is 245 Å². The molecule has 0 unspecified atom stereocenters. The molecule has 3 aromatic rings. The van der Waals surface area contributed by atoms with Gasteiger partial charge in [-0.3, -0.25) is 9.59 Å². The summed E-state index contributed by atoms with van der Waals surface area (Å²) in [4.78, 5) is 30.6. The number of nitrogens with two attached hydrogens (primary N) is 1. The van der Waals surface area contributed by atoms with Crippen LogP contribution in [0.5, 0.6) is 5.75 Å². The van der Waals surface area contributed by atoms with Crippen LogP contribution in [0.2, 0.25) is 0 Å². The molecule has 0 radical (unpaired) electrons. The molecule has 5 rings (SSSR count). The molecule has 1 saturated carbocycles. The number of hydrogen-bond acceptors (Lipinski definition) is 5. The van der Waals surface area contributed by atoms with Gasteiger partial charge in [-0.1, -0.05) is 18.2 Å². The Morgan fingerprint density at radius 1 is 1.02 bits per heavy atom. The quantitative estimate of drug-likeness (QED) is 0.235. The van der Waals surface area contributed by atoms with E-state index in [1.165, 1.54) is 35.2 Å². The Hall–Kier alpha value is -4.22. The molecule has 7 nitrogen and oxygen atoms in total. The van der Waals surface area contributed by atoms with Crippen LogP contribution in [0.4, 0.5) is 27.8 Å². The molecule has 1 saturated heterocycles. The van der Waals surface area contributed by atoms with Crippen LogP contribution in [0.25, 0.3) is 11.1 Å². The minimum atomic E-state index is -4.62. The predicted molar refractivity (Wildman–Crippen MR) is 150 cm³/mol. The molecule has 2 aromatic carbocycles. The Morgan fingerprint density at radius 2 is 1.74 bits per heavy atom. The summed E-state index contributed by atoms with van der Waals surface area (Å²) >= 11 is 0. The van der Waals surface area contributed by atoms with Gasteiger partial charge in [-0.15, -0.1) is 0 Å². The number of nitrogens with one attached hydrogen (secondary N) is 1. The first kappa shape index (κ1) is 30.2. The minimum absolute atomic E-state index is 0.0173. The highest BCUT2D eigenvalue weighted by molar-refractivity contribution is 5.94. The molecule has 1 aliphatic heterocycles. The van der Waals surface area contributed by atoms with Gasteiger partial charge < -0.3 is 20.7 Å². The molecule has 43 heavy (non-hydrogen) atoms. The predicted octanol–water partition coefficient (Wildman–Crippen LogP) is 5.91. The van der Waals surface area contributed by atoms with Gasteiger partial charge in [0.25, 0.3) is 11.8 Å². The highest BCUT2D eigenvalue weighted by Gasteiger charge is 2.44. The number of alkyl halides is 5. The van der Waals surface area contributed by atoms with Crippen molar-refractivity contribution in [2.24, 2.45) is 5.92 Å². The average molecular weight is 603 g/mol. The third-order valence-corrected chi connectivity index (χ3v) is 7.73. The van der Waals surface area contributed by atoms with E-state index in [1.807, 2.05) is 6.07 Å². The second kappa shape index (κ2) is 12.2. The number of nitrogens with zero attached hydrogens (tertiary/aromatic N) is 2. The third-order valence-electron chi connectivity index (χ3n) is 7.73. The number of anilines is 1. The lowest BCUT2D eigenvalue weighted by molar-refractivity contribution is -0.137. The molecule has 0 bridgehead atoms. The number of amides is 2. The molecule has 2 aliphatic rings. The normalized spacial score (nSPS) is 19.5. The van der Waals surface area contributed by atoms with E-state index in [0.29, 0.717) is 30.8 Å². The van der Waals surface area contributed by atoms with E-state index in [4.69, 9.17) is 10.5 Å². The number of hydrogen-bond donors (Lipinski definition) is 2. The van der Waals surface area contributed by atoms with E-state index >= 15 is 0 Å². The number of likely N-dealkylation sites (tertiary alicyclic amines) is 1. The molecular weight excluding hydrogens is 571 g/mol. The SMILES string of the molecule is Nc1ccc([C@@H]2C[C@H]2C(=O)NCCCOc2cc(-c3ccc(C(=O)N4CCC(F)(F)CC4)cc3)cc(C(F)(F)F)c2)cn1. The van der Waals surface area contributed by atoms with Crippen LogP contribution in [0.3, 0.4) is 0 Å². The number of halogens is 5.